The van der Waals surface area contributed by atoms with Crippen molar-refractivity contribution in [3.8, 4) is 21.1 Å². The number of thioether (sulfide) groups is 1. The zero-order chi connectivity index (χ0) is 21.3. The summed E-state index contributed by atoms with van der Waals surface area (Å²) in [6.45, 7) is 3.43. The molecule has 3 N–H and O–H groups in total. The predicted molar refractivity (Wildman–Crippen MR) is 118 cm³/mol. The number of hydrazine groups is 1. The van der Waals surface area contributed by atoms with Crippen LogP contribution in [-0.4, -0.2) is 44.1 Å². The number of nitrogens with zero attached hydrogens (tertiary/aromatic N) is 2. The van der Waals surface area contributed by atoms with Gasteiger partial charge in [0, 0.05) is 0 Å². The monoisotopic (exact) mass is 461 g/mol. The molecule has 4 rings (SSSR count). The summed E-state index contributed by atoms with van der Waals surface area (Å²) in [4.78, 5) is 46.8. The van der Waals surface area contributed by atoms with Crippen LogP contribution in [0.3, 0.4) is 0 Å². The number of carbonyl (C=O) groups is 3. The van der Waals surface area contributed by atoms with Gasteiger partial charge in [-0.2, -0.15) is 5.01 Å². The number of amides is 4. The largest absolute Gasteiger partial charge is 0.344 e. The molecule has 0 saturated carbocycles. The first-order valence-corrected chi connectivity index (χ1v) is 11.9. The summed E-state index contributed by atoms with van der Waals surface area (Å²) in [5.74, 6) is -0.928. The average Bonchev–Trinajstić information content (AvgIpc) is 3.51. The number of aromatic amines is 1. The maximum absolute atomic E-state index is 12.4. The molecule has 1 atom stereocenters. The first-order chi connectivity index (χ1) is 14.4. The molecule has 11 heteroatoms. The molecular weight excluding hydrogens is 442 g/mol. The van der Waals surface area contributed by atoms with Crippen molar-refractivity contribution in [1.29, 1.82) is 0 Å². The molecule has 1 aliphatic heterocycles. The quantitative estimate of drug-likeness (QED) is 0.367. The fourth-order valence-electron chi connectivity index (χ4n) is 2.93. The van der Waals surface area contributed by atoms with Crippen molar-refractivity contribution < 1.29 is 14.4 Å². The van der Waals surface area contributed by atoms with Crippen LogP contribution in [0.25, 0.3) is 21.1 Å². The van der Waals surface area contributed by atoms with E-state index >= 15 is 0 Å². The topological polar surface area (TPSA) is 107 Å². The van der Waals surface area contributed by atoms with Crippen LogP contribution in [0, 0.1) is 0 Å². The van der Waals surface area contributed by atoms with E-state index < -0.39 is 23.4 Å². The minimum atomic E-state index is -0.996. The van der Waals surface area contributed by atoms with Crippen LogP contribution in [0.1, 0.15) is 20.3 Å². The summed E-state index contributed by atoms with van der Waals surface area (Å²) in [5.41, 5.74) is 3.13. The summed E-state index contributed by atoms with van der Waals surface area (Å²) in [5, 5.41) is 7.93. The van der Waals surface area contributed by atoms with Gasteiger partial charge in [0.25, 0.3) is 5.91 Å². The second-order valence-corrected chi connectivity index (χ2v) is 9.66. The standard InChI is InChI=1S/C19H19N5O3S3/c1-3-19(2)16(26)24(18(27)22-19)23-13(25)10-30-17-20-14(11-6-4-8-28-11)15(21-17)12-7-5-9-29-12/h4-9H,3,10H2,1-2H3,(H,20,21)(H,22,27)(H,23,25)/t19-/m1/s1. The van der Waals surface area contributed by atoms with E-state index in [1.165, 1.54) is 11.8 Å². The number of carbonyl (C=O) groups excluding carboxylic acids is 3. The Balaban J connectivity index is 1.45. The molecule has 4 amide bonds. The highest BCUT2D eigenvalue weighted by atomic mass is 32.2. The van der Waals surface area contributed by atoms with E-state index in [0.29, 0.717) is 11.6 Å². The lowest BCUT2D eigenvalue weighted by atomic mass is 10.00. The molecule has 3 aromatic heterocycles. The van der Waals surface area contributed by atoms with Gasteiger partial charge in [-0.3, -0.25) is 15.0 Å². The average molecular weight is 462 g/mol. The van der Waals surface area contributed by atoms with E-state index in [1.54, 1.807) is 36.5 Å². The summed E-state index contributed by atoms with van der Waals surface area (Å²) in [6, 6.07) is 7.33. The number of H-pyrrole nitrogens is 1. The molecule has 0 spiro atoms. The van der Waals surface area contributed by atoms with Gasteiger partial charge in [0.2, 0.25) is 5.91 Å². The van der Waals surface area contributed by atoms with Gasteiger partial charge in [0.1, 0.15) is 11.2 Å². The molecule has 30 heavy (non-hydrogen) atoms. The smallest absolute Gasteiger partial charge is 0.332 e. The Morgan fingerprint density at radius 1 is 1.23 bits per heavy atom. The van der Waals surface area contributed by atoms with E-state index in [2.05, 4.69) is 20.7 Å². The van der Waals surface area contributed by atoms with E-state index in [4.69, 9.17) is 0 Å². The van der Waals surface area contributed by atoms with Gasteiger partial charge in [-0.1, -0.05) is 30.8 Å². The van der Waals surface area contributed by atoms with Crippen molar-refractivity contribution in [2.75, 3.05) is 5.75 Å². The maximum atomic E-state index is 12.4. The highest BCUT2D eigenvalue weighted by molar-refractivity contribution is 7.99. The predicted octanol–water partition coefficient (Wildman–Crippen LogP) is 3.71. The highest BCUT2D eigenvalue weighted by Crippen LogP contribution is 2.36. The van der Waals surface area contributed by atoms with Crippen molar-refractivity contribution in [3.05, 3.63) is 35.0 Å². The lowest BCUT2D eigenvalue weighted by molar-refractivity contribution is -0.137. The SMILES string of the molecule is CC[C@@]1(C)NC(=O)N(NC(=O)CSc2nc(-c3cccs3)c(-c3cccs3)[nH]2)C1=O. The Kier molecular flexibility index (Phi) is 5.67. The number of rotatable bonds is 7. The zero-order valence-corrected chi connectivity index (χ0v) is 18.7. The van der Waals surface area contributed by atoms with Crippen molar-refractivity contribution >= 4 is 52.3 Å². The molecule has 1 aliphatic rings. The molecule has 1 saturated heterocycles. The van der Waals surface area contributed by atoms with E-state index in [9.17, 15) is 14.4 Å². The normalized spacial score (nSPS) is 18.7. The molecule has 0 bridgehead atoms. The number of aromatic nitrogens is 2. The third-order valence-corrected chi connectivity index (χ3v) is 7.39. The van der Waals surface area contributed by atoms with Crippen molar-refractivity contribution in [3.63, 3.8) is 0 Å². The Labute approximate surface area is 185 Å². The van der Waals surface area contributed by atoms with Gasteiger partial charge in [-0.15, -0.1) is 22.7 Å². The number of imide groups is 1. The van der Waals surface area contributed by atoms with Crippen LogP contribution < -0.4 is 10.7 Å². The Morgan fingerprint density at radius 3 is 2.53 bits per heavy atom. The minimum absolute atomic E-state index is 0.00116. The van der Waals surface area contributed by atoms with Crippen LogP contribution >= 0.6 is 34.4 Å². The Bertz CT molecular complexity index is 1030. The third-order valence-electron chi connectivity index (χ3n) is 4.75. The molecule has 0 unspecified atom stereocenters. The molecule has 156 valence electrons. The third kappa shape index (κ3) is 3.87. The number of nitrogens with one attached hydrogen (secondary N) is 3. The molecule has 3 aromatic rings. The number of hydrogen-bond acceptors (Lipinski definition) is 7. The Morgan fingerprint density at radius 2 is 1.93 bits per heavy atom. The summed E-state index contributed by atoms with van der Waals surface area (Å²) >= 11 is 4.41. The van der Waals surface area contributed by atoms with E-state index in [-0.39, 0.29) is 5.75 Å². The number of hydrogen-bond donors (Lipinski definition) is 3. The van der Waals surface area contributed by atoms with Crippen molar-refractivity contribution in [2.45, 2.75) is 31.0 Å². The van der Waals surface area contributed by atoms with E-state index in [1.807, 2.05) is 35.0 Å². The molecule has 0 aliphatic carbocycles. The minimum Gasteiger partial charge on any atom is -0.332 e. The second kappa shape index (κ2) is 8.25. The lowest BCUT2D eigenvalue weighted by Gasteiger charge is -2.19. The molecule has 1 fully saturated rings. The molecule has 0 aromatic carbocycles. The van der Waals surface area contributed by atoms with Crippen LogP contribution in [0.15, 0.2) is 40.2 Å². The van der Waals surface area contributed by atoms with E-state index in [0.717, 1.165) is 26.2 Å². The first kappa shape index (κ1) is 20.6. The van der Waals surface area contributed by atoms with Gasteiger partial charge >= 0.3 is 6.03 Å². The van der Waals surface area contributed by atoms with Crippen molar-refractivity contribution in [1.82, 2.24) is 25.7 Å². The summed E-state index contributed by atoms with van der Waals surface area (Å²) in [6.07, 6.45) is 0.433. The second-order valence-electron chi connectivity index (χ2n) is 6.80. The highest BCUT2D eigenvalue weighted by Gasteiger charge is 2.47. The first-order valence-electron chi connectivity index (χ1n) is 9.18. The van der Waals surface area contributed by atoms with Crippen LogP contribution in [0.2, 0.25) is 0 Å². The van der Waals surface area contributed by atoms with Crippen LogP contribution in [0.4, 0.5) is 4.79 Å². The number of imidazole rings is 1. The fraction of sp³-hybridized carbons (Fsp3) is 0.263. The van der Waals surface area contributed by atoms with Crippen LogP contribution in [-0.2, 0) is 9.59 Å². The van der Waals surface area contributed by atoms with Gasteiger partial charge in [0.05, 0.1) is 21.2 Å². The fourth-order valence-corrected chi connectivity index (χ4v) is 5.04. The molecule has 8 nitrogen and oxygen atoms in total. The zero-order valence-electron chi connectivity index (χ0n) is 16.2. The number of thiophene rings is 2. The maximum Gasteiger partial charge on any atom is 0.344 e. The Hall–Kier alpha value is -2.63. The summed E-state index contributed by atoms with van der Waals surface area (Å²) < 4.78 is 0. The number of urea groups is 1. The van der Waals surface area contributed by atoms with Crippen LogP contribution in [0.5, 0.6) is 0 Å². The van der Waals surface area contributed by atoms with Gasteiger partial charge in [0.15, 0.2) is 5.16 Å². The lowest BCUT2D eigenvalue weighted by Crippen LogP contribution is -2.49. The molecule has 4 heterocycles. The molecular formula is C19H19N5O3S3. The van der Waals surface area contributed by atoms with Gasteiger partial charge in [-0.25, -0.2) is 9.78 Å². The van der Waals surface area contributed by atoms with Gasteiger partial charge < -0.3 is 10.3 Å². The molecule has 0 radical (unpaired) electrons. The van der Waals surface area contributed by atoms with Gasteiger partial charge in [-0.05, 0) is 36.2 Å². The van der Waals surface area contributed by atoms with Crippen molar-refractivity contribution in [2.24, 2.45) is 0 Å². The summed E-state index contributed by atoms with van der Waals surface area (Å²) in [7, 11) is 0.